The molecule has 2 unspecified atom stereocenters. The molecule has 3 nitrogen and oxygen atoms in total. The molecule has 2 rings (SSSR count). The number of hydrogen-bond acceptors (Lipinski definition) is 2. The molecule has 0 aromatic heterocycles. The fourth-order valence-corrected chi connectivity index (χ4v) is 3.47. The Morgan fingerprint density at radius 1 is 1.36 bits per heavy atom. The van der Waals surface area contributed by atoms with Crippen molar-refractivity contribution in [2.24, 2.45) is 0 Å². The van der Waals surface area contributed by atoms with Crippen LogP contribution in [-0.4, -0.2) is 48.4 Å². The zero-order valence-electron chi connectivity index (χ0n) is 13.5. The van der Waals surface area contributed by atoms with Gasteiger partial charge in [0.05, 0.1) is 16.5 Å². The molecule has 1 amide bonds. The van der Waals surface area contributed by atoms with Gasteiger partial charge in [-0.15, -0.1) is 0 Å². The average molecular weight is 343 g/mol. The van der Waals surface area contributed by atoms with Crippen molar-refractivity contribution in [1.82, 2.24) is 9.80 Å². The molecule has 5 heteroatoms. The molecule has 2 atom stereocenters. The van der Waals surface area contributed by atoms with Crippen molar-refractivity contribution in [3.8, 4) is 0 Å². The van der Waals surface area contributed by atoms with E-state index in [1.165, 1.54) is 12.8 Å². The van der Waals surface area contributed by atoms with Gasteiger partial charge in [-0.05, 0) is 51.1 Å². The maximum absolute atomic E-state index is 12.5. The molecule has 1 heterocycles. The van der Waals surface area contributed by atoms with E-state index in [1.807, 2.05) is 18.0 Å². The van der Waals surface area contributed by atoms with Crippen LogP contribution in [0.4, 0.5) is 0 Å². The third kappa shape index (κ3) is 4.15. The topological polar surface area (TPSA) is 23.6 Å². The Hall–Kier alpha value is -0.770. The lowest BCUT2D eigenvalue weighted by molar-refractivity contribution is -0.132. The highest BCUT2D eigenvalue weighted by molar-refractivity contribution is 6.42. The molecular weight excluding hydrogens is 319 g/mol. The Labute approximate surface area is 143 Å². The fraction of sp³-hybridized carbons (Fsp3) is 0.588. The summed E-state index contributed by atoms with van der Waals surface area (Å²) in [5.74, 6) is 0.116. The standard InChI is InChI=1S/C17H24Cl2N2O/c1-12(16-6-4-5-9-20(16)2)21(3)17(22)11-13-7-8-14(18)15(19)10-13/h7-8,10,12,16H,4-6,9,11H2,1-3H3. The first-order valence-corrected chi connectivity index (χ1v) is 8.55. The molecule has 1 saturated heterocycles. The zero-order chi connectivity index (χ0) is 16.3. The quantitative estimate of drug-likeness (QED) is 0.829. The number of carbonyl (C=O) groups is 1. The van der Waals surface area contributed by atoms with Gasteiger partial charge in [-0.1, -0.05) is 35.7 Å². The van der Waals surface area contributed by atoms with E-state index in [4.69, 9.17) is 23.2 Å². The molecule has 0 radical (unpaired) electrons. The maximum atomic E-state index is 12.5. The van der Waals surface area contributed by atoms with Crippen molar-refractivity contribution in [1.29, 1.82) is 0 Å². The van der Waals surface area contributed by atoms with Gasteiger partial charge in [0, 0.05) is 19.1 Å². The molecule has 0 bridgehead atoms. The van der Waals surface area contributed by atoms with E-state index in [0.29, 0.717) is 22.5 Å². The van der Waals surface area contributed by atoms with Gasteiger partial charge >= 0.3 is 0 Å². The number of likely N-dealkylation sites (tertiary alicyclic amines) is 1. The minimum absolute atomic E-state index is 0.116. The first-order valence-electron chi connectivity index (χ1n) is 7.80. The van der Waals surface area contributed by atoms with Gasteiger partial charge in [-0.25, -0.2) is 0 Å². The van der Waals surface area contributed by atoms with Gasteiger partial charge in [0.25, 0.3) is 0 Å². The van der Waals surface area contributed by atoms with Gasteiger partial charge in [0.2, 0.25) is 5.91 Å². The van der Waals surface area contributed by atoms with Crippen LogP contribution >= 0.6 is 23.2 Å². The summed E-state index contributed by atoms with van der Waals surface area (Å²) in [4.78, 5) is 16.8. The normalized spacial score (nSPS) is 20.7. The number of hydrogen-bond donors (Lipinski definition) is 0. The molecule has 1 aromatic carbocycles. The van der Waals surface area contributed by atoms with Crippen LogP contribution in [0.1, 0.15) is 31.7 Å². The number of benzene rings is 1. The van der Waals surface area contributed by atoms with Gasteiger partial charge in [-0.3, -0.25) is 4.79 Å². The predicted octanol–water partition coefficient (Wildman–Crippen LogP) is 3.87. The van der Waals surface area contributed by atoms with Crippen LogP contribution in [0, 0.1) is 0 Å². The summed E-state index contributed by atoms with van der Waals surface area (Å²) in [5.41, 5.74) is 0.899. The lowest BCUT2D eigenvalue weighted by Crippen LogP contribution is -2.51. The largest absolute Gasteiger partial charge is 0.341 e. The van der Waals surface area contributed by atoms with E-state index in [2.05, 4.69) is 18.9 Å². The van der Waals surface area contributed by atoms with Gasteiger partial charge < -0.3 is 9.80 Å². The first kappa shape index (κ1) is 17.6. The molecule has 22 heavy (non-hydrogen) atoms. The molecule has 1 aliphatic rings. The van der Waals surface area contributed by atoms with Crippen LogP contribution in [0.15, 0.2) is 18.2 Å². The Balaban J connectivity index is 2.00. The Kier molecular flexibility index (Phi) is 6.13. The molecule has 0 N–H and O–H groups in total. The van der Waals surface area contributed by atoms with Crippen molar-refractivity contribution >= 4 is 29.1 Å². The smallest absolute Gasteiger partial charge is 0.227 e. The molecule has 1 fully saturated rings. The second-order valence-corrected chi connectivity index (χ2v) is 7.03. The summed E-state index contributed by atoms with van der Waals surface area (Å²) >= 11 is 11.9. The van der Waals surface area contributed by atoms with Gasteiger partial charge in [0.15, 0.2) is 0 Å². The zero-order valence-corrected chi connectivity index (χ0v) is 15.0. The summed E-state index contributed by atoms with van der Waals surface area (Å²) in [6, 6.07) is 6.02. The number of rotatable bonds is 4. The van der Waals surface area contributed by atoms with E-state index in [1.54, 1.807) is 12.1 Å². The number of piperidine rings is 1. The summed E-state index contributed by atoms with van der Waals surface area (Å²) in [5, 5.41) is 1.01. The third-order valence-electron chi connectivity index (χ3n) is 4.73. The molecule has 0 aliphatic carbocycles. The van der Waals surface area contributed by atoms with Gasteiger partial charge in [-0.2, -0.15) is 0 Å². The number of amides is 1. The highest BCUT2D eigenvalue weighted by Crippen LogP contribution is 2.24. The van der Waals surface area contributed by atoms with Gasteiger partial charge in [0.1, 0.15) is 0 Å². The van der Waals surface area contributed by atoms with E-state index in [0.717, 1.165) is 18.5 Å². The number of halogens is 2. The summed E-state index contributed by atoms with van der Waals surface area (Å²) in [7, 11) is 4.05. The molecule has 122 valence electrons. The maximum Gasteiger partial charge on any atom is 0.227 e. The predicted molar refractivity (Wildman–Crippen MR) is 92.7 cm³/mol. The Bertz CT molecular complexity index is 535. The number of carbonyl (C=O) groups excluding carboxylic acids is 1. The lowest BCUT2D eigenvalue weighted by atomic mass is 9.96. The van der Waals surface area contributed by atoms with E-state index < -0.39 is 0 Å². The third-order valence-corrected chi connectivity index (χ3v) is 5.47. The van der Waals surface area contributed by atoms with E-state index in [-0.39, 0.29) is 11.9 Å². The highest BCUT2D eigenvalue weighted by atomic mass is 35.5. The molecular formula is C17H24Cl2N2O. The molecule has 0 spiro atoms. The van der Waals surface area contributed by atoms with Crippen LogP contribution in [0.2, 0.25) is 10.0 Å². The lowest BCUT2D eigenvalue weighted by Gasteiger charge is -2.40. The van der Waals surface area contributed by atoms with Crippen LogP contribution in [0.25, 0.3) is 0 Å². The van der Waals surface area contributed by atoms with Crippen LogP contribution in [0.3, 0.4) is 0 Å². The molecule has 1 aliphatic heterocycles. The summed E-state index contributed by atoms with van der Waals surface area (Å²) in [6.45, 7) is 3.25. The molecule has 1 aromatic rings. The summed E-state index contributed by atoms with van der Waals surface area (Å²) in [6.07, 6.45) is 4.01. The summed E-state index contributed by atoms with van der Waals surface area (Å²) < 4.78 is 0. The van der Waals surface area contributed by atoms with Crippen LogP contribution in [0.5, 0.6) is 0 Å². The highest BCUT2D eigenvalue weighted by Gasteiger charge is 2.29. The monoisotopic (exact) mass is 342 g/mol. The number of nitrogens with zero attached hydrogens (tertiary/aromatic N) is 2. The van der Waals surface area contributed by atoms with E-state index >= 15 is 0 Å². The minimum atomic E-state index is 0.116. The first-order chi connectivity index (χ1) is 10.4. The van der Waals surface area contributed by atoms with Crippen molar-refractivity contribution in [2.75, 3.05) is 20.6 Å². The van der Waals surface area contributed by atoms with Crippen LogP contribution in [-0.2, 0) is 11.2 Å². The SMILES string of the molecule is CC(C1CCCCN1C)N(C)C(=O)Cc1ccc(Cl)c(Cl)c1. The fourth-order valence-electron chi connectivity index (χ4n) is 3.14. The van der Waals surface area contributed by atoms with Crippen molar-refractivity contribution < 1.29 is 4.79 Å². The minimum Gasteiger partial charge on any atom is -0.341 e. The molecule has 0 saturated carbocycles. The van der Waals surface area contributed by atoms with Crippen molar-refractivity contribution in [3.63, 3.8) is 0 Å². The second-order valence-electron chi connectivity index (χ2n) is 6.21. The Morgan fingerprint density at radius 3 is 2.73 bits per heavy atom. The number of likely N-dealkylation sites (N-methyl/N-ethyl adjacent to an activating group) is 2. The van der Waals surface area contributed by atoms with Crippen molar-refractivity contribution in [3.05, 3.63) is 33.8 Å². The van der Waals surface area contributed by atoms with Crippen molar-refractivity contribution in [2.45, 2.75) is 44.7 Å². The Morgan fingerprint density at radius 2 is 2.09 bits per heavy atom. The van der Waals surface area contributed by atoms with Crippen LogP contribution < -0.4 is 0 Å². The second kappa shape index (κ2) is 7.67. The van der Waals surface area contributed by atoms with E-state index in [9.17, 15) is 4.79 Å². The average Bonchev–Trinajstić information content (AvgIpc) is 2.50.